The minimum atomic E-state index is -0.0374. The maximum absolute atomic E-state index is 11.9. The number of hydrogen-bond acceptors (Lipinski definition) is 2. The van der Waals surface area contributed by atoms with Crippen molar-refractivity contribution in [2.75, 3.05) is 20.7 Å². The van der Waals surface area contributed by atoms with E-state index in [2.05, 4.69) is 19.1 Å². The van der Waals surface area contributed by atoms with E-state index in [1.807, 2.05) is 6.07 Å². The average Bonchev–Trinajstić information content (AvgIpc) is 2.36. The molecule has 0 fully saturated rings. The first kappa shape index (κ1) is 12.0. The lowest BCUT2D eigenvalue weighted by molar-refractivity contribution is -0.134. The Morgan fingerprint density at radius 1 is 1.47 bits per heavy atom. The molecule has 92 valence electrons. The number of nitrogens with zero attached hydrogens (tertiary/aromatic N) is 1. The van der Waals surface area contributed by atoms with Gasteiger partial charge in [0, 0.05) is 14.1 Å². The Bertz CT molecular complexity index is 426. The van der Waals surface area contributed by atoms with E-state index in [4.69, 9.17) is 4.74 Å². The molecule has 1 amide bonds. The Labute approximate surface area is 102 Å². The molecule has 1 aliphatic rings. The van der Waals surface area contributed by atoms with Crippen LogP contribution in [-0.2, 0) is 17.6 Å². The van der Waals surface area contributed by atoms with Gasteiger partial charge in [0.15, 0.2) is 0 Å². The summed E-state index contributed by atoms with van der Waals surface area (Å²) < 4.78 is 5.66. The van der Waals surface area contributed by atoms with Crippen molar-refractivity contribution in [2.24, 2.45) is 5.92 Å². The summed E-state index contributed by atoms with van der Waals surface area (Å²) in [4.78, 5) is 13.5. The van der Waals surface area contributed by atoms with Gasteiger partial charge < -0.3 is 9.64 Å². The molecule has 17 heavy (non-hydrogen) atoms. The molecular formula is C14H19NO2. The number of benzene rings is 1. The van der Waals surface area contributed by atoms with Crippen LogP contribution in [0, 0.1) is 5.92 Å². The predicted molar refractivity (Wildman–Crippen MR) is 67.2 cm³/mol. The molecule has 0 N–H and O–H groups in total. The molecule has 1 unspecified atom stereocenters. The highest BCUT2D eigenvalue weighted by atomic mass is 16.5. The molecule has 3 nitrogen and oxygen atoms in total. The van der Waals surface area contributed by atoms with Crippen LogP contribution in [0.3, 0.4) is 0 Å². The Hall–Kier alpha value is -1.51. The fourth-order valence-corrected chi connectivity index (χ4v) is 2.19. The van der Waals surface area contributed by atoms with Crippen molar-refractivity contribution in [1.82, 2.24) is 4.90 Å². The van der Waals surface area contributed by atoms with Crippen LogP contribution in [0.25, 0.3) is 0 Å². The van der Waals surface area contributed by atoms with E-state index >= 15 is 0 Å². The van der Waals surface area contributed by atoms with Crippen molar-refractivity contribution in [3.05, 3.63) is 29.3 Å². The molecule has 1 atom stereocenters. The highest BCUT2D eigenvalue weighted by molar-refractivity contribution is 5.79. The molecule has 1 heterocycles. The molecular weight excluding hydrogens is 214 g/mol. The number of carbonyl (C=O) groups excluding carboxylic acids is 1. The number of ether oxygens (including phenoxy) is 1. The van der Waals surface area contributed by atoms with Crippen molar-refractivity contribution in [3.63, 3.8) is 0 Å². The monoisotopic (exact) mass is 233 g/mol. The molecule has 1 aromatic carbocycles. The van der Waals surface area contributed by atoms with E-state index in [0.29, 0.717) is 6.61 Å². The SMILES string of the molecule is CCc1ccc2c(c1)CC(C(=O)N(C)C)CO2. The molecule has 0 saturated carbocycles. The molecule has 0 spiro atoms. The summed E-state index contributed by atoms with van der Waals surface area (Å²) in [5, 5.41) is 0. The zero-order valence-corrected chi connectivity index (χ0v) is 10.7. The zero-order valence-electron chi connectivity index (χ0n) is 10.7. The van der Waals surface area contributed by atoms with Crippen molar-refractivity contribution >= 4 is 5.91 Å². The number of fused-ring (bicyclic) bond motifs is 1. The quantitative estimate of drug-likeness (QED) is 0.780. The molecule has 0 radical (unpaired) electrons. The standard InChI is InChI=1S/C14H19NO2/c1-4-10-5-6-13-11(7-10)8-12(9-17-13)14(16)15(2)3/h5-7,12H,4,8-9H2,1-3H3. The van der Waals surface area contributed by atoms with Gasteiger partial charge in [0.25, 0.3) is 0 Å². The Morgan fingerprint density at radius 2 is 2.24 bits per heavy atom. The van der Waals surface area contributed by atoms with Crippen molar-refractivity contribution < 1.29 is 9.53 Å². The van der Waals surface area contributed by atoms with Crippen LogP contribution in [0.1, 0.15) is 18.1 Å². The van der Waals surface area contributed by atoms with Crippen LogP contribution in [0.15, 0.2) is 18.2 Å². The highest BCUT2D eigenvalue weighted by Gasteiger charge is 2.27. The number of hydrogen-bond donors (Lipinski definition) is 0. The molecule has 3 heteroatoms. The summed E-state index contributed by atoms with van der Waals surface area (Å²) in [5.41, 5.74) is 2.46. The summed E-state index contributed by atoms with van der Waals surface area (Å²) in [7, 11) is 3.58. The summed E-state index contributed by atoms with van der Waals surface area (Å²) in [6, 6.07) is 6.27. The molecule has 1 aliphatic heterocycles. The van der Waals surface area contributed by atoms with E-state index in [-0.39, 0.29) is 11.8 Å². The van der Waals surface area contributed by atoms with Crippen LogP contribution < -0.4 is 4.74 Å². The van der Waals surface area contributed by atoms with Gasteiger partial charge >= 0.3 is 0 Å². The maximum Gasteiger partial charge on any atom is 0.228 e. The van der Waals surface area contributed by atoms with Gasteiger partial charge in [0.1, 0.15) is 12.4 Å². The second-order valence-electron chi connectivity index (χ2n) is 4.74. The van der Waals surface area contributed by atoms with Gasteiger partial charge in [0.05, 0.1) is 5.92 Å². The lowest BCUT2D eigenvalue weighted by Crippen LogP contribution is -2.36. The van der Waals surface area contributed by atoms with Crippen LogP contribution in [0.5, 0.6) is 5.75 Å². The van der Waals surface area contributed by atoms with Crippen molar-refractivity contribution in [3.8, 4) is 5.75 Å². The third kappa shape index (κ3) is 2.43. The maximum atomic E-state index is 11.9. The Balaban J connectivity index is 2.19. The lowest BCUT2D eigenvalue weighted by Gasteiger charge is -2.27. The fraction of sp³-hybridized carbons (Fsp3) is 0.500. The van der Waals surface area contributed by atoms with Gasteiger partial charge in [-0.25, -0.2) is 0 Å². The van der Waals surface area contributed by atoms with E-state index in [9.17, 15) is 4.79 Å². The predicted octanol–water partition coefficient (Wildman–Crippen LogP) is 1.89. The van der Waals surface area contributed by atoms with Crippen LogP contribution in [0.4, 0.5) is 0 Å². The minimum Gasteiger partial charge on any atom is -0.492 e. The van der Waals surface area contributed by atoms with E-state index in [1.165, 1.54) is 5.56 Å². The number of rotatable bonds is 2. The summed E-state index contributed by atoms with van der Waals surface area (Å²) in [6.07, 6.45) is 1.81. The third-order valence-corrected chi connectivity index (χ3v) is 3.23. The van der Waals surface area contributed by atoms with E-state index < -0.39 is 0 Å². The molecule has 0 aromatic heterocycles. The van der Waals surface area contributed by atoms with E-state index in [1.54, 1.807) is 19.0 Å². The van der Waals surface area contributed by atoms with Crippen LogP contribution in [-0.4, -0.2) is 31.5 Å². The summed E-state index contributed by atoms with van der Waals surface area (Å²) in [5.74, 6) is 1.05. The van der Waals surface area contributed by atoms with Gasteiger partial charge in [-0.05, 0) is 30.0 Å². The smallest absolute Gasteiger partial charge is 0.228 e. The molecule has 2 rings (SSSR count). The molecule has 0 aliphatic carbocycles. The summed E-state index contributed by atoms with van der Waals surface area (Å²) in [6.45, 7) is 2.63. The molecule has 0 saturated heterocycles. The normalized spacial score (nSPS) is 18.2. The van der Waals surface area contributed by atoms with Gasteiger partial charge in [-0.2, -0.15) is 0 Å². The first-order chi connectivity index (χ1) is 8.11. The first-order valence-corrected chi connectivity index (χ1v) is 6.07. The zero-order chi connectivity index (χ0) is 12.4. The number of aryl methyl sites for hydroxylation is 1. The van der Waals surface area contributed by atoms with Gasteiger partial charge in [-0.1, -0.05) is 19.1 Å². The van der Waals surface area contributed by atoms with Gasteiger partial charge in [-0.15, -0.1) is 0 Å². The second-order valence-corrected chi connectivity index (χ2v) is 4.74. The average molecular weight is 233 g/mol. The molecule has 1 aromatic rings. The lowest BCUT2D eigenvalue weighted by atomic mass is 9.94. The largest absolute Gasteiger partial charge is 0.492 e. The van der Waals surface area contributed by atoms with Crippen LogP contribution >= 0.6 is 0 Å². The highest BCUT2D eigenvalue weighted by Crippen LogP contribution is 2.29. The van der Waals surface area contributed by atoms with Crippen LogP contribution in [0.2, 0.25) is 0 Å². The molecule has 0 bridgehead atoms. The van der Waals surface area contributed by atoms with E-state index in [0.717, 1.165) is 24.2 Å². The summed E-state index contributed by atoms with van der Waals surface area (Å²) >= 11 is 0. The minimum absolute atomic E-state index is 0.0374. The van der Waals surface area contributed by atoms with Gasteiger partial charge in [-0.3, -0.25) is 4.79 Å². The Kier molecular flexibility index (Phi) is 3.36. The van der Waals surface area contributed by atoms with Crippen molar-refractivity contribution in [2.45, 2.75) is 19.8 Å². The number of carbonyl (C=O) groups is 1. The third-order valence-electron chi connectivity index (χ3n) is 3.23. The first-order valence-electron chi connectivity index (χ1n) is 6.07. The van der Waals surface area contributed by atoms with Gasteiger partial charge in [0.2, 0.25) is 5.91 Å². The number of amides is 1. The Morgan fingerprint density at radius 3 is 2.88 bits per heavy atom. The topological polar surface area (TPSA) is 29.5 Å². The van der Waals surface area contributed by atoms with Crippen molar-refractivity contribution in [1.29, 1.82) is 0 Å². The second kappa shape index (κ2) is 4.78. The fourth-order valence-electron chi connectivity index (χ4n) is 2.19.